The largest absolute Gasteiger partial charge is 0.481 e. The zero-order valence-electron chi connectivity index (χ0n) is 9.91. The first-order valence-electron chi connectivity index (χ1n) is 5.99. The average Bonchev–Trinajstić information content (AvgIpc) is 2.33. The van der Waals surface area contributed by atoms with E-state index in [0.717, 1.165) is 6.54 Å². The number of hydrogen-bond donors (Lipinski definition) is 3. The maximum atomic E-state index is 11.4. The Morgan fingerprint density at radius 2 is 1.94 bits per heavy atom. The van der Waals surface area contributed by atoms with Crippen molar-refractivity contribution in [1.82, 2.24) is 10.6 Å². The Labute approximate surface area is 106 Å². The Morgan fingerprint density at radius 1 is 1.24 bits per heavy atom. The first-order chi connectivity index (χ1) is 8.18. The Hall–Kier alpha value is -0.910. The van der Waals surface area contributed by atoms with Gasteiger partial charge in [-0.1, -0.05) is 0 Å². The van der Waals surface area contributed by atoms with Gasteiger partial charge in [-0.15, -0.1) is 0 Å². The molecular weight excluding hydrogens is 240 g/mol. The van der Waals surface area contributed by atoms with Gasteiger partial charge in [0.25, 0.3) is 0 Å². The second kappa shape index (κ2) is 8.22. The maximum Gasteiger partial charge on any atom is 0.314 e. The van der Waals surface area contributed by atoms with Crippen LogP contribution in [0.15, 0.2) is 0 Å². The fourth-order valence-corrected chi connectivity index (χ4v) is 2.90. The number of nitrogens with one attached hydrogen (secondary N) is 2. The van der Waals surface area contributed by atoms with Gasteiger partial charge in [-0.25, -0.2) is 4.79 Å². The van der Waals surface area contributed by atoms with Crippen LogP contribution in [0, 0.1) is 5.92 Å². The van der Waals surface area contributed by atoms with E-state index >= 15 is 0 Å². The summed E-state index contributed by atoms with van der Waals surface area (Å²) >= 11 is 1.97. The molecule has 17 heavy (non-hydrogen) atoms. The zero-order chi connectivity index (χ0) is 12.5. The summed E-state index contributed by atoms with van der Waals surface area (Å²) in [6, 6.07) is -0.186. The van der Waals surface area contributed by atoms with E-state index in [2.05, 4.69) is 10.6 Å². The van der Waals surface area contributed by atoms with Crippen LogP contribution in [0.5, 0.6) is 0 Å². The SMILES string of the molecule is O=C(O)CCCNC(=O)NCC1CCSCC1. The Morgan fingerprint density at radius 3 is 2.59 bits per heavy atom. The minimum absolute atomic E-state index is 0.0973. The monoisotopic (exact) mass is 260 g/mol. The molecule has 1 saturated heterocycles. The lowest BCUT2D eigenvalue weighted by Crippen LogP contribution is -2.39. The summed E-state index contributed by atoms with van der Waals surface area (Å²) in [5.74, 6) is 2.15. The molecular formula is C11H20N2O3S. The summed E-state index contributed by atoms with van der Waals surface area (Å²) in [6.45, 7) is 1.14. The lowest BCUT2D eigenvalue weighted by Gasteiger charge is -2.21. The van der Waals surface area contributed by atoms with Crippen molar-refractivity contribution < 1.29 is 14.7 Å². The van der Waals surface area contributed by atoms with Crippen LogP contribution in [-0.4, -0.2) is 41.7 Å². The highest BCUT2D eigenvalue weighted by Crippen LogP contribution is 2.21. The zero-order valence-corrected chi connectivity index (χ0v) is 10.7. The molecule has 0 spiro atoms. The van der Waals surface area contributed by atoms with Gasteiger partial charge in [0.1, 0.15) is 0 Å². The van der Waals surface area contributed by atoms with Crippen LogP contribution in [0.2, 0.25) is 0 Å². The number of carbonyl (C=O) groups excluding carboxylic acids is 1. The number of carboxylic acid groups (broad SMARTS) is 1. The molecule has 0 radical (unpaired) electrons. The molecule has 1 heterocycles. The van der Waals surface area contributed by atoms with Crippen molar-refractivity contribution in [3.8, 4) is 0 Å². The Balaban J connectivity index is 1.98. The van der Waals surface area contributed by atoms with Gasteiger partial charge in [-0.2, -0.15) is 11.8 Å². The first-order valence-corrected chi connectivity index (χ1v) is 7.15. The van der Waals surface area contributed by atoms with E-state index in [0.29, 0.717) is 18.9 Å². The second-order valence-corrected chi connectivity index (χ2v) is 5.41. The highest BCUT2D eigenvalue weighted by molar-refractivity contribution is 7.99. The summed E-state index contributed by atoms with van der Waals surface area (Å²) in [6.07, 6.45) is 2.91. The number of aliphatic carboxylic acids is 1. The van der Waals surface area contributed by atoms with Crippen molar-refractivity contribution >= 4 is 23.8 Å². The van der Waals surface area contributed by atoms with E-state index < -0.39 is 5.97 Å². The van der Waals surface area contributed by atoms with Gasteiger partial charge in [0.15, 0.2) is 0 Å². The molecule has 0 atom stereocenters. The number of carbonyl (C=O) groups is 2. The third-order valence-corrected chi connectivity index (χ3v) is 3.79. The summed E-state index contributed by atoms with van der Waals surface area (Å²) in [5.41, 5.74) is 0. The fraction of sp³-hybridized carbons (Fsp3) is 0.818. The van der Waals surface area contributed by atoms with Crippen LogP contribution in [0.3, 0.4) is 0 Å². The van der Waals surface area contributed by atoms with Crippen molar-refractivity contribution in [3.05, 3.63) is 0 Å². The van der Waals surface area contributed by atoms with Crippen LogP contribution < -0.4 is 10.6 Å². The van der Waals surface area contributed by atoms with Gasteiger partial charge in [-0.3, -0.25) is 4.79 Å². The molecule has 2 amide bonds. The lowest BCUT2D eigenvalue weighted by atomic mass is 10.0. The van der Waals surface area contributed by atoms with Crippen molar-refractivity contribution in [2.24, 2.45) is 5.92 Å². The molecule has 98 valence electrons. The molecule has 0 bridgehead atoms. The summed E-state index contributed by atoms with van der Waals surface area (Å²) in [7, 11) is 0. The number of hydrogen-bond acceptors (Lipinski definition) is 3. The molecule has 1 fully saturated rings. The van der Waals surface area contributed by atoms with E-state index in [1.165, 1.54) is 24.3 Å². The number of amides is 2. The average molecular weight is 260 g/mol. The van der Waals surface area contributed by atoms with Gasteiger partial charge in [0.05, 0.1) is 0 Å². The first kappa shape index (κ1) is 14.2. The third kappa shape index (κ3) is 7.10. The molecule has 0 saturated carbocycles. The molecule has 0 aliphatic carbocycles. The molecule has 5 nitrogen and oxygen atoms in total. The van der Waals surface area contributed by atoms with Crippen molar-refractivity contribution in [3.63, 3.8) is 0 Å². The molecule has 1 aliphatic rings. The molecule has 0 unspecified atom stereocenters. The van der Waals surface area contributed by atoms with E-state index in [-0.39, 0.29) is 12.5 Å². The van der Waals surface area contributed by atoms with Gasteiger partial charge in [0, 0.05) is 19.5 Å². The van der Waals surface area contributed by atoms with Gasteiger partial charge < -0.3 is 15.7 Å². The number of carboxylic acids is 1. The molecule has 6 heteroatoms. The molecule has 1 rings (SSSR count). The van der Waals surface area contributed by atoms with E-state index in [9.17, 15) is 9.59 Å². The number of thioether (sulfide) groups is 1. The predicted octanol–water partition coefficient (Wildman–Crippen LogP) is 1.29. The minimum Gasteiger partial charge on any atom is -0.481 e. The molecule has 1 aliphatic heterocycles. The van der Waals surface area contributed by atoms with Crippen LogP contribution in [0.1, 0.15) is 25.7 Å². The van der Waals surface area contributed by atoms with Crippen molar-refractivity contribution in [1.29, 1.82) is 0 Å². The molecule has 0 aromatic heterocycles. The highest BCUT2D eigenvalue weighted by Gasteiger charge is 2.14. The molecule has 0 aromatic carbocycles. The smallest absolute Gasteiger partial charge is 0.314 e. The topological polar surface area (TPSA) is 78.4 Å². The normalized spacial score (nSPS) is 16.5. The van der Waals surface area contributed by atoms with E-state index in [1.54, 1.807) is 0 Å². The maximum absolute atomic E-state index is 11.4. The van der Waals surface area contributed by atoms with E-state index in [4.69, 9.17) is 5.11 Å². The van der Waals surface area contributed by atoms with Crippen molar-refractivity contribution in [2.45, 2.75) is 25.7 Å². The predicted molar refractivity (Wildman–Crippen MR) is 68.3 cm³/mol. The fourth-order valence-electron chi connectivity index (χ4n) is 1.69. The van der Waals surface area contributed by atoms with Gasteiger partial charge in [0.2, 0.25) is 0 Å². The molecule has 3 N–H and O–H groups in total. The molecule has 0 aromatic rings. The highest BCUT2D eigenvalue weighted by atomic mass is 32.2. The standard InChI is InChI=1S/C11H20N2O3S/c14-10(15)2-1-5-12-11(16)13-8-9-3-6-17-7-4-9/h9H,1-8H2,(H,14,15)(H2,12,13,16). The second-order valence-electron chi connectivity index (χ2n) is 4.19. The van der Waals surface area contributed by atoms with Crippen LogP contribution in [0.25, 0.3) is 0 Å². The summed E-state index contributed by atoms with van der Waals surface area (Å²) in [5, 5.41) is 13.9. The minimum atomic E-state index is -0.827. The number of rotatable bonds is 6. The number of urea groups is 1. The quantitative estimate of drug-likeness (QED) is 0.629. The van der Waals surface area contributed by atoms with Gasteiger partial charge in [-0.05, 0) is 36.7 Å². The Bertz CT molecular complexity index is 255. The summed E-state index contributed by atoms with van der Waals surface area (Å²) < 4.78 is 0. The van der Waals surface area contributed by atoms with Crippen LogP contribution in [0.4, 0.5) is 4.79 Å². The third-order valence-electron chi connectivity index (χ3n) is 2.75. The van der Waals surface area contributed by atoms with Crippen LogP contribution in [-0.2, 0) is 4.79 Å². The lowest BCUT2D eigenvalue weighted by molar-refractivity contribution is -0.137. The van der Waals surface area contributed by atoms with Crippen molar-refractivity contribution in [2.75, 3.05) is 24.6 Å². The summed E-state index contributed by atoms with van der Waals surface area (Å²) in [4.78, 5) is 21.6. The Kier molecular flexibility index (Phi) is 6.84. The van der Waals surface area contributed by atoms with Crippen LogP contribution >= 0.6 is 11.8 Å². The van der Waals surface area contributed by atoms with Gasteiger partial charge >= 0.3 is 12.0 Å². The van der Waals surface area contributed by atoms with E-state index in [1.807, 2.05) is 11.8 Å².